The van der Waals surface area contributed by atoms with Crippen LogP contribution in [0.1, 0.15) is 30.1 Å². The number of unbranched alkanes of at least 4 members (excludes halogenated alkanes) is 1. The Bertz CT molecular complexity index is 1190. The summed E-state index contributed by atoms with van der Waals surface area (Å²) in [5.41, 5.74) is 9.10. The van der Waals surface area contributed by atoms with E-state index in [2.05, 4.69) is 4.98 Å². The summed E-state index contributed by atoms with van der Waals surface area (Å²) in [6.07, 6.45) is 1.35. The Hall–Kier alpha value is -4.20. The number of ether oxygens (including phenoxy) is 2. The van der Waals surface area contributed by atoms with Gasteiger partial charge in [0.15, 0.2) is 12.3 Å². The number of H-pyrrole nitrogens is 1. The van der Waals surface area contributed by atoms with Crippen LogP contribution in [0.2, 0.25) is 0 Å². The Balaban J connectivity index is 2.33. The summed E-state index contributed by atoms with van der Waals surface area (Å²) in [5.74, 6) is -2.13. The standard InChI is InChI=1S/C20H26N6O8/c1-3-4-7-25-17(22)16(18(28)23-20(25)30)24(8-9-33-2)15(27)11-34-19(29)13-10-12(26(31)32)5-6-14(13)21/h5-6,10H,3-4,7-9,11,21-22H2,1-2H3,(H,23,28,30). The number of hydrogen-bond donors (Lipinski definition) is 3. The van der Waals surface area contributed by atoms with Crippen molar-refractivity contribution in [2.45, 2.75) is 26.3 Å². The van der Waals surface area contributed by atoms with Gasteiger partial charge in [-0.05, 0) is 12.5 Å². The van der Waals surface area contributed by atoms with E-state index in [1.54, 1.807) is 0 Å². The second-order valence-electron chi connectivity index (χ2n) is 7.14. The summed E-state index contributed by atoms with van der Waals surface area (Å²) in [5, 5.41) is 11.0. The van der Waals surface area contributed by atoms with Gasteiger partial charge < -0.3 is 20.9 Å². The number of methoxy groups -OCH3 is 1. The molecule has 184 valence electrons. The maximum atomic E-state index is 12.9. The highest BCUT2D eigenvalue weighted by Crippen LogP contribution is 2.21. The summed E-state index contributed by atoms with van der Waals surface area (Å²) >= 11 is 0. The van der Waals surface area contributed by atoms with Crippen molar-refractivity contribution in [2.24, 2.45) is 0 Å². The van der Waals surface area contributed by atoms with Crippen LogP contribution >= 0.6 is 0 Å². The van der Waals surface area contributed by atoms with E-state index in [9.17, 15) is 29.3 Å². The van der Waals surface area contributed by atoms with Crippen molar-refractivity contribution in [1.29, 1.82) is 0 Å². The van der Waals surface area contributed by atoms with E-state index >= 15 is 0 Å². The van der Waals surface area contributed by atoms with E-state index in [1.807, 2.05) is 6.92 Å². The normalized spacial score (nSPS) is 10.6. The smallest absolute Gasteiger partial charge is 0.341 e. The highest BCUT2D eigenvalue weighted by Gasteiger charge is 2.26. The predicted octanol–water partition coefficient (Wildman–Crippen LogP) is 0.246. The van der Waals surface area contributed by atoms with Crippen LogP contribution in [0.5, 0.6) is 0 Å². The Morgan fingerprint density at radius 2 is 1.97 bits per heavy atom. The van der Waals surface area contributed by atoms with Crippen molar-refractivity contribution in [3.8, 4) is 0 Å². The number of aromatic amines is 1. The van der Waals surface area contributed by atoms with Gasteiger partial charge >= 0.3 is 11.7 Å². The van der Waals surface area contributed by atoms with Gasteiger partial charge in [0.1, 0.15) is 5.82 Å². The van der Waals surface area contributed by atoms with Gasteiger partial charge in [0, 0.05) is 38.0 Å². The molecule has 0 aliphatic carbocycles. The fraction of sp³-hybridized carbons (Fsp3) is 0.400. The molecule has 1 aromatic heterocycles. The number of nitrogen functional groups attached to an aromatic ring is 2. The lowest BCUT2D eigenvalue weighted by Gasteiger charge is -2.24. The van der Waals surface area contributed by atoms with Gasteiger partial charge in [0.2, 0.25) is 0 Å². The quantitative estimate of drug-likeness (QED) is 0.173. The van der Waals surface area contributed by atoms with Crippen LogP contribution in [-0.2, 0) is 20.8 Å². The van der Waals surface area contributed by atoms with Gasteiger partial charge in [0.05, 0.1) is 17.1 Å². The zero-order valence-corrected chi connectivity index (χ0v) is 18.7. The van der Waals surface area contributed by atoms with Gasteiger partial charge in [0.25, 0.3) is 17.2 Å². The molecule has 0 aliphatic rings. The molecule has 0 saturated carbocycles. The van der Waals surface area contributed by atoms with Gasteiger partial charge in [-0.2, -0.15) is 0 Å². The lowest BCUT2D eigenvalue weighted by molar-refractivity contribution is -0.384. The lowest BCUT2D eigenvalue weighted by Crippen LogP contribution is -2.44. The Morgan fingerprint density at radius 1 is 1.26 bits per heavy atom. The minimum absolute atomic E-state index is 0.00445. The molecule has 0 spiro atoms. The number of esters is 1. The molecule has 2 aromatic rings. The third kappa shape index (κ3) is 5.98. The summed E-state index contributed by atoms with van der Waals surface area (Å²) in [7, 11) is 1.38. The number of nitrogens with two attached hydrogens (primary N) is 2. The molecule has 5 N–H and O–H groups in total. The monoisotopic (exact) mass is 478 g/mol. The SMILES string of the molecule is CCCCn1c(N)c(N(CCOC)C(=O)COC(=O)c2cc([N+](=O)[O-])ccc2N)c(=O)[nH]c1=O. The molecule has 0 radical (unpaired) electrons. The Labute approximate surface area is 193 Å². The average Bonchev–Trinajstić information content (AvgIpc) is 2.79. The number of rotatable bonds is 11. The summed E-state index contributed by atoms with van der Waals surface area (Å²) < 4.78 is 11.1. The number of nitrogens with zero attached hydrogens (tertiary/aromatic N) is 3. The highest BCUT2D eigenvalue weighted by atomic mass is 16.6. The molecule has 14 heteroatoms. The van der Waals surface area contributed by atoms with Crippen LogP contribution in [0.3, 0.4) is 0 Å². The molecule has 1 amide bonds. The van der Waals surface area contributed by atoms with Crippen molar-refractivity contribution in [2.75, 3.05) is 43.2 Å². The number of benzene rings is 1. The lowest BCUT2D eigenvalue weighted by atomic mass is 10.1. The molecule has 34 heavy (non-hydrogen) atoms. The molecule has 1 heterocycles. The van der Waals surface area contributed by atoms with E-state index in [-0.39, 0.29) is 48.1 Å². The first-order valence-electron chi connectivity index (χ1n) is 10.2. The third-order valence-corrected chi connectivity index (χ3v) is 4.83. The minimum Gasteiger partial charge on any atom is -0.452 e. The number of anilines is 3. The van der Waals surface area contributed by atoms with E-state index in [0.717, 1.165) is 28.0 Å². The maximum Gasteiger partial charge on any atom is 0.341 e. The number of carbonyl (C=O) groups is 2. The second kappa shape index (κ2) is 11.6. The van der Waals surface area contributed by atoms with Crippen LogP contribution in [0.25, 0.3) is 0 Å². The van der Waals surface area contributed by atoms with Crippen molar-refractivity contribution in [3.63, 3.8) is 0 Å². The van der Waals surface area contributed by atoms with Gasteiger partial charge in [-0.1, -0.05) is 13.3 Å². The van der Waals surface area contributed by atoms with Crippen LogP contribution in [-0.4, -0.2) is 53.2 Å². The van der Waals surface area contributed by atoms with Gasteiger partial charge in [-0.25, -0.2) is 9.59 Å². The van der Waals surface area contributed by atoms with Gasteiger partial charge in [-0.15, -0.1) is 0 Å². The van der Waals surface area contributed by atoms with Crippen molar-refractivity contribution in [1.82, 2.24) is 9.55 Å². The number of non-ortho nitro benzene ring substituents is 1. The molecular weight excluding hydrogens is 452 g/mol. The summed E-state index contributed by atoms with van der Waals surface area (Å²) in [4.78, 5) is 63.4. The Morgan fingerprint density at radius 3 is 2.59 bits per heavy atom. The van der Waals surface area contributed by atoms with Crippen LogP contribution in [0, 0.1) is 10.1 Å². The first-order valence-corrected chi connectivity index (χ1v) is 10.2. The fourth-order valence-electron chi connectivity index (χ4n) is 3.04. The van der Waals surface area contributed by atoms with Crippen LogP contribution in [0.15, 0.2) is 27.8 Å². The number of amides is 1. The van der Waals surface area contributed by atoms with Crippen molar-refractivity contribution < 1.29 is 24.0 Å². The van der Waals surface area contributed by atoms with E-state index in [4.69, 9.17) is 20.9 Å². The topological polar surface area (TPSA) is 206 Å². The molecule has 0 fully saturated rings. The first kappa shape index (κ1) is 26.1. The number of aromatic nitrogens is 2. The number of nitro groups is 1. The maximum absolute atomic E-state index is 12.9. The zero-order valence-electron chi connectivity index (χ0n) is 18.7. The third-order valence-electron chi connectivity index (χ3n) is 4.83. The molecule has 0 bridgehead atoms. The van der Waals surface area contributed by atoms with E-state index < -0.39 is 34.7 Å². The Kier molecular flexibility index (Phi) is 8.89. The molecule has 0 atom stereocenters. The number of nitro benzene ring substituents is 1. The summed E-state index contributed by atoms with van der Waals surface area (Å²) in [6.45, 7) is 1.16. The number of carbonyl (C=O) groups excluding carboxylic acids is 2. The highest BCUT2D eigenvalue weighted by molar-refractivity contribution is 6.00. The molecule has 2 rings (SSSR count). The van der Waals surface area contributed by atoms with Crippen molar-refractivity contribution >= 4 is 34.8 Å². The van der Waals surface area contributed by atoms with E-state index in [0.29, 0.717) is 6.42 Å². The van der Waals surface area contributed by atoms with E-state index in [1.165, 1.54) is 13.2 Å². The predicted molar refractivity (Wildman–Crippen MR) is 123 cm³/mol. The second-order valence-corrected chi connectivity index (χ2v) is 7.14. The van der Waals surface area contributed by atoms with Gasteiger partial charge in [-0.3, -0.25) is 34.2 Å². The number of nitrogens with one attached hydrogen (secondary N) is 1. The summed E-state index contributed by atoms with van der Waals surface area (Å²) in [6, 6.07) is 3.21. The molecule has 1 aromatic carbocycles. The van der Waals surface area contributed by atoms with Crippen LogP contribution < -0.4 is 27.6 Å². The molecule has 0 unspecified atom stereocenters. The first-order chi connectivity index (χ1) is 16.1. The molecule has 0 saturated heterocycles. The molecule has 0 aliphatic heterocycles. The fourth-order valence-corrected chi connectivity index (χ4v) is 3.04. The molecular formula is C20H26N6O8. The largest absolute Gasteiger partial charge is 0.452 e. The number of hydrogen-bond acceptors (Lipinski definition) is 10. The molecule has 14 nitrogen and oxygen atoms in total. The zero-order chi connectivity index (χ0) is 25.4. The minimum atomic E-state index is -1.07. The van der Waals surface area contributed by atoms with Crippen molar-refractivity contribution in [3.05, 3.63) is 54.7 Å². The van der Waals surface area contributed by atoms with Crippen LogP contribution in [0.4, 0.5) is 22.9 Å². The average molecular weight is 478 g/mol.